The fourth-order valence-electron chi connectivity index (χ4n) is 4.04. The van der Waals surface area contributed by atoms with Crippen LogP contribution in [0.15, 0.2) is 18.2 Å². The van der Waals surface area contributed by atoms with Crippen molar-refractivity contribution in [2.24, 2.45) is 11.3 Å². The van der Waals surface area contributed by atoms with Crippen LogP contribution in [0.25, 0.3) is 10.9 Å². The monoisotopic (exact) mass is 436 g/mol. The second-order valence-corrected chi connectivity index (χ2v) is 9.85. The molecule has 0 radical (unpaired) electrons. The second kappa shape index (κ2) is 7.53. The van der Waals surface area contributed by atoms with Crippen LogP contribution in [0.4, 0.5) is 13.2 Å². The van der Waals surface area contributed by atoms with Gasteiger partial charge in [-0.3, -0.25) is 14.3 Å². The highest BCUT2D eigenvalue weighted by atomic mass is 19.3. The number of para-hydroxylation sites is 1. The van der Waals surface area contributed by atoms with E-state index in [-0.39, 0.29) is 48.5 Å². The number of carbonyl (C=O) groups is 2. The Balaban J connectivity index is 1.61. The quantitative estimate of drug-likeness (QED) is 0.726. The summed E-state index contributed by atoms with van der Waals surface area (Å²) in [5, 5.41) is 10.2. The molecule has 1 heterocycles. The van der Waals surface area contributed by atoms with Gasteiger partial charge < -0.3 is 10.6 Å². The molecule has 6 nitrogen and oxygen atoms in total. The van der Waals surface area contributed by atoms with Crippen molar-refractivity contribution in [3.63, 3.8) is 0 Å². The van der Waals surface area contributed by atoms with Gasteiger partial charge in [0.25, 0.3) is 5.91 Å². The van der Waals surface area contributed by atoms with E-state index in [0.717, 1.165) is 12.8 Å². The molecule has 1 aromatic carbocycles. The van der Waals surface area contributed by atoms with E-state index in [2.05, 4.69) is 15.7 Å². The zero-order valence-corrected chi connectivity index (χ0v) is 17.8. The van der Waals surface area contributed by atoms with Crippen molar-refractivity contribution in [2.75, 3.05) is 0 Å². The standard InChI is InChI=1S/C22H27F3N4O2/c1-21(2,3)18(20(31)26-13-7-8-13)27-19(30)16-14-5-4-6-15(23)17(14)29(28-16)11-12-9-22(24,25)10-12/h4-6,12-13,18H,7-11H2,1-3H3,(H,26,31)(H,27,30). The highest BCUT2D eigenvalue weighted by Gasteiger charge is 2.45. The number of nitrogens with zero attached hydrogens (tertiary/aromatic N) is 2. The Morgan fingerprint density at radius 1 is 1.26 bits per heavy atom. The van der Waals surface area contributed by atoms with Gasteiger partial charge in [-0.05, 0) is 30.2 Å². The molecule has 1 atom stereocenters. The smallest absolute Gasteiger partial charge is 0.273 e. The van der Waals surface area contributed by atoms with E-state index < -0.39 is 29.1 Å². The van der Waals surface area contributed by atoms with Crippen LogP contribution in [0.1, 0.15) is 56.9 Å². The van der Waals surface area contributed by atoms with Gasteiger partial charge in [0.15, 0.2) is 5.69 Å². The predicted octanol–water partition coefficient (Wildman–Crippen LogP) is 3.64. The molecule has 2 N–H and O–H groups in total. The van der Waals surface area contributed by atoms with E-state index in [1.807, 2.05) is 20.8 Å². The number of hydrogen-bond donors (Lipinski definition) is 2. The number of amides is 2. The summed E-state index contributed by atoms with van der Waals surface area (Å²) < 4.78 is 42.3. The molecular weight excluding hydrogens is 409 g/mol. The predicted molar refractivity (Wildman–Crippen MR) is 109 cm³/mol. The van der Waals surface area contributed by atoms with Crippen molar-refractivity contribution < 1.29 is 22.8 Å². The summed E-state index contributed by atoms with van der Waals surface area (Å²) in [5.41, 5.74) is -0.470. The second-order valence-electron chi connectivity index (χ2n) is 9.85. The van der Waals surface area contributed by atoms with Crippen molar-refractivity contribution in [2.45, 2.75) is 71.0 Å². The molecule has 0 aliphatic heterocycles. The van der Waals surface area contributed by atoms with Crippen molar-refractivity contribution in [3.8, 4) is 0 Å². The van der Waals surface area contributed by atoms with Crippen LogP contribution in [0.3, 0.4) is 0 Å². The molecule has 1 unspecified atom stereocenters. The summed E-state index contributed by atoms with van der Waals surface area (Å²) in [4.78, 5) is 25.8. The Hall–Kier alpha value is -2.58. The minimum atomic E-state index is -2.69. The van der Waals surface area contributed by atoms with Gasteiger partial charge in [0.05, 0.1) is 0 Å². The summed E-state index contributed by atoms with van der Waals surface area (Å²) in [7, 11) is 0. The van der Waals surface area contributed by atoms with Crippen LogP contribution in [0.5, 0.6) is 0 Å². The van der Waals surface area contributed by atoms with Crippen molar-refractivity contribution in [1.82, 2.24) is 20.4 Å². The number of benzene rings is 1. The summed E-state index contributed by atoms with van der Waals surface area (Å²) in [6, 6.07) is 3.63. The maximum Gasteiger partial charge on any atom is 0.273 e. The highest BCUT2D eigenvalue weighted by Crippen LogP contribution is 2.43. The summed E-state index contributed by atoms with van der Waals surface area (Å²) >= 11 is 0. The van der Waals surface area contributed by atoms with Crippen molar-refractivity contribution in [3.05, 3.63) is 29.7 Å². The van der Waals surface area contributed by atoms with E-state index in [1.165, 1.54) is 16.8 Å². The minimum Gasteiger partial charge on any atom is -0.352 e. The van der Waals surface area contributed by atoms with Crippen LogP contribution in [-0.4, -0.2) is 39.6 Å². The van der Waals surface area contributed by atoms with Gasteiger partial charge in [-0.2, -0.15) is 5.10 Å². The Bertz CT molecular complexity index is 1020. The molecule has 0 spiro atoms. The fraction of sp³-hybridized carbons (Fsp3) is 0.591. The van der Waals surface area contributed by atoms with Crippen molar-refractivity contribution in [1.29, 1.82) is 0 Å². The number of nitrogens with one attached hydrogen (secondary N) is 2. The van der Waals surface area contributed by atoms with Crippen molar-refractivity contribution >= 4 is 22.7 Å². The zero-order valence-electron chi connectivity index (χ0n) is 17.8. The van der Waals surface area contributed by atoms with Crippen LogP contribution in [0.2, 0.25) is 0 Å². The number of carbonyl (C=O) groups excluding carboxylic acids is 2. The van der Waals surface area contributed by atoms with Gasteiger partial charge in [-0.25, -0.2) is 13.2 Å². The van der Waals surface area contributed by atoms with Gasteiger partial charge >= 0.3 is 0 Å². The van der Waals surface area contributed by atoms with Gasteiger partial charge in [-0.15, -0.1) is 0 Å². The lowest BCUT2D eigenvalue weighted by Gasteiger charge is -2.34. The number of rotatable bonds is 6. The van der Waals surface area contributed by atoms with E-state index in [0.29, 0.717) is 5.39 Å². The van der Waals surface area contributed by atoms with Gasteiger partial charge in [0, 0.05) is 30.8 Å². The Labute approximate surface area is 178 Å². The average molecular weight is 436 g/mol. The molecule has 1 aromatic heterocycles. The SMILES string of the molecule is CC(C)(C)C(NC(=O)c1nn(CC2CC(F)(F)C2)c2c(F)cccc12)C(=O)NC1CC1. The molecular formula is C22H27F3N4O2. The normalized spacial score (nSPS) is 19.7. The molecule has 2 aliphatic rings. The lowest BCUT2D eigenvalue weighted by molar-refractivity contribution is -0.125. The molecule has 2 aliphatic carbocycles. The number of alkyl halides is 2. The first-order chi connectivity index (χ1) is 14.4. The minimum absolute atomic E-state index is 0.0194. The van der Waals surface area contributed by atoms with E-state index >= 15 is 0 Å². The fourth-order valence-corrected chi connectivity index (χ4v) is 4.04. The zero-order chi connectivity index (χ0) is 22.6. The van der Waals surface area contributed by atoms with E-state index in [1.54, 1.807) is 6.07 Å². The number of halogens is 3. The molecule has 9 heteroatoms. The first kappa shape index (κ1) is 21.6. The van der Waals surface area contributed by atoms with Crippen LogP contribution in [0, 0.1) is 17.2 Å². The summed E-state index contributed by atoms with van der Waals surface area (Å²) in [6.45, 7) is 5.64. The van der Waals surface area contributed by atoms with E-state index in [9.17, 15) is 22.8 Å². The average Bonchev–Trinajstić information content (AvgIpc) is 3.36. The summed E-state index contributed by atoms with van der Waals surface area (Å²) in [6.07, 6.45) is 1.28. The number of hydrogen-bond acceptors (Lipinski definition) is 3. The summed E-state index contributed by atoms with van der Waals surface area (Å²) in [5.74, 6) is -4.47. The third kappa shape index (κ3) is 4.55. The molecule has 4 rings (SSSR count). The lowest BCUT2D eigenvalue weighted by atomic mass is 9.81. The number of fused-ring (bicyclic) bond motifs is 1. The van der Waals surface area contributed by atoms with Gasteiger partial charge in [-0.1, -0.05) is 32.9 Å². The largest absolute Gasteiger partial charge is 0.352 e. The molecule has 168 valence electrons. The molecule has 0 saturated heterocycles. The molecule has 2 amide bonds. The van der Waals surface area contributed by atoms with E-state index in [4.69, 9.17) is 0 Å². The highest BCUT2D eigenvalue weighted by molar-refractivity contribution is 6.06. The first-order valence-corrected chi connectivity index (χ1v) is 10.6. The van der Waals surface area contributed by atoms with Crippen LogP contribution < -0.4 is 10.6 Å². The maximum atomic E-state index is 14.6. The number of aromatic nitrogens is 2. The van der Waals surface area contributed by atoms with Crippen LogP contribution in [-0.2, 0) is 11.3 Å². The first-order valence-electron chi connectivity index (χ1n) is 10.6. The molecule has 0 bridgehead atoms. The van der Waals surface area contributed by atoms with Gasteiger partial charge in [0.1, 0.15) is 17.4 Å². The Kier molecular flexibility index (Phi) is 5.26. The Morgan fingerprint density at radius 2 is 1.94 bits per heavy atom. The molecule has 2 aromatic rings. The Morgan fingerprint density at radius 3 is 2.52 bits per heavy atom. The maximum absolute atomic E-state index is 14.6. The third-order valence-corrected chi connectivity index (χ3v) is 5.87. The van der Waals surface area contributed by atoms with Crippen LogP contribution >= 0.6 is 0 Å². The molecule has 2 saturated carbocycles. The topological polar surface area (TPSA) is 76.0 Å². The van der Waals surface area contributed by atoms with Gasteiger partial charge in [0.2, 0.25) is 11.8 Å². The third-order valence-electron chi connectivity index (χ3n) is 5.87. The molecule has 2 fully saturated rings. The lowest BCUT2D eigenvalue weighted by Crippen LogP contribution is -2.54. The molecule has 31 heavy (non-hydrogen) atoms.